The zero-order valence-electron chi connectivity index (χ0n) is 19.7. The zero-order valence-corrected chi connectivity index (χ0v) is 19.7. The van der Waals surface area contributed by atoms with Gasteiger partial charge in [-0.2, -0.15) is 5.10 Å². The van der Waals surface area contributed by atoms with Crippen molar-refractivity contribution in [2.24, 2.45) is 5.10 Å². The van der Waals surface area contributed by atoms with Crippen LogP contribution in [0.2, 0.25) is 0 Å². The van der Waals surface area contributed by atoms with Gasteiger partial charge in [-0.25, -0.2) is 5.01 Å². The maximum absolute atomic E-state index is 5.04. The molecule has 4 heteroatoms. The molecule has 0 bridgehead atoms. The maximum Gasteiger partial charge on any atom is 0.138 e. The summed E-state index contributed by atoms with van der Waals surface area (Å²) in [5, 5.41) is 10.9. The van der Waals surface area contributed by atoms with E-state index >= 15 is 0 Å². The Kier molecular flexibility index (Phi) is 7.87. The second kappa shape index (κ2) is 11.0. The quantitative estimate of drug-likeness (QED) is 0.124. The molecule has 0 saturated carbocycles. The smallest absolute Gasteiger partial charge is 0.138 e. The fourth-order valence-electron chi connectivity index (χ4n) is 3.92. The molecule has 0 atom stereocenters. The van der Waals surface area contributed by atoms with E-state index in [4.69, 9.17) is 5.10 Å². The van der Waals surface area contributed by atoms with Crippen molar-refractivity contribution < 1.29 is 0 Å². The van der Waals surface area contributed by atoms with E-state index in [1.165, 1.54) is 0 Å². The lowest BCUT2D eigenvalue weighted by Gasteiger charge is -2.44. The Morgan fingerprint density at radius 2 is 1.15 bits per heavy atom. The summed E-state index contributed by atoms with van der Waals surface area (Å²) in [6.07, 6.45) is 7.31. The molecule has 33 heavy (non-hydrogen) atoms. The Hall–Kier alpha value is -4.05. The van der Waals surface area contributed by atoms with Crippen LogP contribution in [0, 0.1) is 0 Å². The molecule has 0 aliphatic heterocycles. The molecule has 3 rings (SSSR count). The van der Waals surface area contributed by atoms with Crippen LogP contribution in [-0.4, -0.2) is 35.5 Å². The Morgan fingerprint density at radius 1 is 0.727 bits per heavy atom. The van der Waals surface area contributed by atoms with Gasteiger partial charge in [0.1, 0.15) is 11.9 Å². The third kappa shape index (κ3) is 4.90. The van der Waals surface area contributed by atoms with E-state index in [-0.39, 0.29) is 0 Å². The number of rotatable bonds is 10. The maximum atomic E-state index is 5.04. The lowest BCUT2D eigenvalue weighted by atomic mass is 9.76. The number of nitrogens with zero attached hydrogens (tertiary/aromatic N) is 4. The first kappa shape index (κ1) is 23.6. The van der Waals surface area contributed by atoms with Gasteiger partial charge in [0.25, 0.3) is 0 Å². The van der Waals surface area contributed by atoms with Gasteiger partial charge >= 0.3 is 0 Å². The molecule has 0 spiro atoms. The van der Waals surface area contributed by atoms with Crippen molar-refractivity contribution in [2.45, 2.75) is 12.5 Å². The Balaban J connectivity index is 2.40. The minimum atomic E-state index is -0.711. The summed E-state index contributed by atoms with van der Waals surface area (Å²) in [5.74, 6) is 0. The predicted molar refractivity (Wildman–Crippen MR) is 139 cm³/mol. The molecule has 0 saturated heterocycles. The lowest BCUT2D eigenvalue weighted by molar-refractivity contribution is 0.168. The summed E-state index contributed by atoms with van der Waals surface area (Å²) >= 11 is 0. The van der Waals surface area contributed by atoms with E-state index < -0.39 is 5.54 Å². The van der Waals surface area contributed by atoms with Gasteiger partial charge in [0.05, 0.1) is 0 Å². The summed E-state index contributed by atoms with van der Waals surface area (Å²) in [6.45, 7) is 9.84. The van der Waals surface area contributed by atoms with Gasteiger partial charge in [0, 0.05) is 26.0 Å². The van der Waals surface area contributed by atoms with Crippen molar-refractivity contribution in [1.29, 1.82) is 0 Å². The molecule has 0 heterocycles. The van der Waals surface area contributed by atoms with Crippen LogP contribution in [0.5, 0.6) is 0 Å². The molecule has 0 amide bonds. The standard InChI is InChI=1S/C29H32N4/c1-6-17-25(3)33(30-24-32(5)31(4)7-2)29(26-18-11-8-12-19-26,27-20-13-9-14-21-27)28-22-15-10-16-23-28/h6-24H,1-2H2,3-5H3/b25-17+,30-24-. The zero-order chi connectivity index (χ0) is 23.7. The average Bonchev–Trinajstić information content (AvgIpc) is 2.87. The number of hydrazone groups is 1. The topological polar surface area (TPSA) is 22.1 Å². The highest BCUT2D eigenvalue weighted by Crippen LogP contribution is 2.44. The monoisotopic (exact) mass is 436 g/mol. The molecule has 0 unspecified atom stereocenters. The molecule has 3 aromatic carbocycles. The van der Waals surface area contributed by atoms with Crippen molar-refractivity contribution >= 4 is 6.34 Å². The summed E-state index contributed by atoms with van der Waals surface area (Å²) in [4.78, 5) is 0. The van der Waals surface area contributed by atoms with E-state index in [9.17, 15) is 0 Å². The Bertz CT molecular complexity index is 992. The number of allylic oxidation sites excluding steroid dienone is 3. The van der Waals surface area contributed by atoms with E-state index in [2.05, 4.69) is 97.9 Å². The molecule has 4 nitrogen and oxygen atoms in total. The summed E-state index contributed by atoms with van der Waals surface area (Å²) in [7, 11) is 3.86. The van der Waals surface area contributed by atoms with Gasteiger partial charge in [-0.05, 0) is 29.7 Å². The molecular formula is C29H32N4. The van der Waals surface area contributed by atoms with Gasteiger partial charge in [-0.15, -0.1) is 0 Å². The predicted octanol–water partition coefficient (Wildman–Crippen LogP) is 6.24. The summed E-state index contributed by atoms with van der Waals surface area (Å²) in [5.41, 5.74) is 3.56. The van der Waals surface area contributed by atoms with Crippen LogP contribution in [0.1, 0.15) is 23.6 Å². The molecule has 0 N–H and O–H groups in total. The highest BCUT2D eigenvalue weighted by molar-refractivity contribution is 5.56. The first-order valence-electron chi connectivity index (χ1n) is 10.9. The minimum absolute atomic E-state index is 0.711. The van der Waals surface area contributed by atoms with Crippen LogP contribution in [0.15, 0.2) is 133 Å². The van der Waals surface area contributed by atoms with Crippen LogP contribution >= 0.6 is 0 Å². The van der Waals surface area contributed by atoms with Crippen LogP contribution in [0.4, 0.5) is 0 Å². The van der Waals surface area contributed by atoms with Crippen molar-refractivity contribution in [3.63, 3.8) is 0 Å². The lowest BCUT2D eigenvalue weighted by Crippen LogP contribution is -2.45. The van der Waals surface area contributed by atoms with Crippen molar-refractivity contribution in [2.75, 3.05) is 14.1 Å². The second-order valence-corrected chi connectivity index (χ2v) is 7.72. The van der Waals surface area contributed by atoms with Crippen LogP contribution in [-0.2, 0) is 5.54 Å². The Labute approximate surface area is 198 Å². The molecule has 168 valence electrons. The van der Waals surface area contributed by atoms with Crippen LogP contribution < -0.4 is 0 Å². The average molecular weight is 437 g/mol. The molecule has 0 aliphatic rings. The summed E-state index contributed by atoms with van der Waals surface area (Å²) in [6, 6.07) is 31.5. The normalized spacial score (nSPS) is 11.8. The highest BCUT2D eigenvalue weighted by atomic mass is 15.6. The Morgan fingerprint density at radius 3 is 1.52 bits per heavy atom. The second-order valence-electron chi connectivity index (χ2n) is 7.72. The molecule has 3 aromatic rings. The molecule has 0 aliphatic carbocycles. The first-order chi connectivity index (χ1) is 16.1. The van der Waals surface area contributed by atoms with Crippen LogP contribution in [0.25, 0.3) is 0 Å². The molecular weight excluding hydrogens is 404 g/mol. The van der Waals surface area contributed by atoms with Gasteiger partial charge in [-0.3, -0.25) is 10.0 Å². The minimum Gasteiger partial charge on any atom is -0.296 e. The van der Waals surface area contributed by atoms with Gasteiger partial charge < -0.3 is 0 Å². The van der Waals surface area contributed by atoms with Crippen molar-refractivity contribution in [1.82, 2.24) is 15.0 Å². The van der Waals surface area contributed by atoms with Gasteiger partial charge in [-0.1, -0.05) is 110 Å². The highest BCUT2D eigenvalue weighted by Gasteiger charge is 2.43. The third-order valence-corrected chi connectivity index (χ3v) is 5.68. The van der Waals surface area contributed by atoms with E-state index in [0.29, 0.717) is 0 Å². The van der Waals surface area contributed by atoms with E-state index in [1.54, 1.807) is 18.6 Å². The SMILES string of the molecule is C=C/C=C(\C)N(/N=C\N(C)N(C)C=C)C(c1ccccc1)(c1ccccc1)c1ccccc1. The van der Waals surface area contributed by atoms with Gasteiger partial charge in [0.15, 0.2) is 0 Å². The third-order valence-electron chi connectivity index (χ3n) is 5.68. The fourth-order valence-corrected chi connectivity index (χ4v) is 3.92. The van der Waals surface area contributed by atoms with E-state index in [0.717, 1.165) is 22.4 Å². The molecule has 0 aromatic heterocycles. The number of hydrazine groups is 1. The van der Waals surface area contributed by atoms with Crippen molar-refractivity contribution in [3.8, 4) is 0 Å². The fraction of sp³-hybridized carbons (Fsp3) is 0.138. The molecule has 0 fully saturated rings. The van der Waals surface area contributed by atoms with Crippen LogP contribution in [0.3, 0.4) is 0 Å². The van der Waals surface area contributed by atoms with Gasteiger partial charge in [0.2, 0.25) is 0 Å². The number of benzene rings is 3. The largest absolute Gasteiger partial charge is 0.296 e. The first-order valence-corrected chi connectivity index (χ1v) is 10.9. The number of hydrogen-bond acceptors (Lipinski definition) is 3. The summed E-state index contributed by atoms with van der Waals surface area (Å²) < 4.78 is 0. The number of hydrogen-bond donors (Lipinski definition) is 0. The van der Waals surface area contributed by atoms with Crippen molar-refractivity contribution in [3.05, 3.63) is 145 Å². The molecule has 0 radical (unpaired) electrons. The van der Waals surface area contributed by atoms with E-state index in [1.807, 2.05) is 48.4 Å².